The quantitative estimate of drug-likeness (QED) is 0.675. The highest BCUT2D eigenvalue weighted by molar-refractivity contribution is 7.86. The molecule has 0 unspecified atom stereocenters. The smallest absolute Gasteiger partial charge is 0.282 e. The van der Waals surface area contributed by atoms with Gasteiger partial charge in [0.2, 0.25) is 5.91 Å². The Morgan fingerprint density at radius 1 is 0.962 bits per heavy atom. The lowest BCUT2D eigenvalue weighted by molar-refractivity contribution is -0.137. The molecule has 3 rings (SSSR count). The van der Waals surface area contributed by atoms with Gasteiger partial charge in [0, 0.05) is 64.3 Å². The Bertz CT molecular complexity index is 574. The average Bonchev–Trinajstić information content (AvgIpc) is 2.61. The van der Waals surface area contributed by atoms with E-state index in [9.17, 15) is 13.2 Å². The molecule has 3 aliphatic heterocycles. The van der Waals surface area contributed by atoms with Gasteiger partial charge in [0.15, 0.2) is 0 Å². The highest BCUT2D eigenvalue weighted by Gasteiger charge is 2.36. The van der Waals surface area contributed by atoms with Gasteiger partial charge in [-0.1, -0.05) is 0 Å². The number of hydrogen-bond donors (Lipinski definition) is 1. The van der Waals surface area contributed by atoms with Crippen LogP contribution in [0.25, 0.3) is 0 Å². The number of hydrogen-bond acceptors (Lipinski definition) is 5. The first-order valence-electron chi connectivity index (χ1n) is 9.34. The van der Waals surface area contributed by atoms with Gasteiger partial charge in [-0.2, -0.15) is 17.0 Å². The van der Waals surface area contributed by atoms with Crippen LogP contribution in [0.2, 0.25) is 0 Å². The molecule has 1 amide bonds. The lowest BCUT2D eigenvalue weighted by Gasteiger charge is -2.40. The van der Waals surface area contributed by atoms with Crippen LogP contribution >= 0.6 is 12.4 Å². The molecule has 3 aliphatic rings. The summed E-state index contributed by atoms with van der Waals surface area (Å²) in [5, 5.41) is 3.37. The molecule has 3 saturated heterocycles. The molecule has 0 aromatic heterocycles. The fraction of sp³-hybridized carbons (Fsp3) is 0.938. The van der Waals surface area contributed by atoms with Crippen molar-refractivity contribution in [3.05, 3.63) is 0 Å². The number of halogens is 1. The maximum absolute atomic E-state index is 12.8. The molecule has 26 heavy (non-hydrogen) atoms. The lowest BCUT2D eigenvalue weighted by atomic mass is 9.92. The Labute approximate surface area is 163 Å². The number of carbonyl (C=O) groups excluding carboxylic acids is 1. The third kappa shape index (κ3) is 4.88. The molecule has 8 nitrogen and oxygen atoms in total. The van der Waals surface area contributed by atoms with E-state index < -0.39 is 10.2 Å². The molecule has 2 atom stereocenters. The van der Waals surface area contributed by atoms with Gasteiger partial charge in [0.1, 0.15) is 0 Å². The highest BCUT2D eigenvalue weighted by atomic mass is 35.5. The Hall–Kier alpha value is -0.450. The zero-order valence-electron chi connectivity index (χ0n) is 15.8. The van der Waals surface area contributed by atoms with E-state index in [2.05, 4.69) is 17.1 Å². The molecule has 1 N–H and O–H groups in total. The van der Waals surface area contributed by atoms with E-state index in [0.717, 1.165) is 32.5 Å². The standard InChI is InChI=1S/C16H31N5O3S.ClH/c1-14-13-15(3-4-17-14)16(22)19-7-11-21(12-8-19)25(23,24)20-9-5-18(2)6-10-20;/h14-15,17H,3-13H2,1-2H3;1H/t14-,15-;/m0./s1. The number of nitrogens with zero attached hydrogens (tertiary/aromatic N) is 4. The Balaban J connectivity index is 0.00000243. The summed E-state index contributed by atoms with van der Waals surface area (Å²) in [7, 11) is -1.39. The largest absolute Gasteiger partial charge is 0.340 e. The van der Waals surface area contributed by atoms with Crippen molar-refractivity contribution in [2.24, 2.45) is 5.92 Å². The number of likely N-dealkylation sites (N-methyl/N-ethyl adjacent to an activating group) is 1. The monoisotopic (exact) mass is 409 g/mol. The van der Waals surface area contributed by atoms with Crippen LogP contribution in [0, 0.1) is 5.92 Å². The number of piperazine rings is 2. The first-order chi connectivity index (χ1) is 11.9. The summed E-state index contributed by atoms with van der Waals surface area (Å²) in [4.78, 5) is 16.7. The minimum absolute atomic E-state index is 0. The van der Waals surface area contributed by atoms with Crippen molar-refractivity contribution in [2.75, 3.05) is 66.0 Å². The van der Waals surface area contributed by atoms with Crippen LogP contribution in [-0.2, 0) is 15.0 Å². The van der Waals surface area contributed by atoms with E-state index >= 15 is 0 Å². The maximum atomic E-state index is 12.8. The number of amides is 1. The number of rotatable bonds is 3. The van der Waals surface area contributed by atoms with Crippen LogP contribution in [0.15, 0.2) is 0 Å². The first-order valence-corrected chi connectivity index (χ1v) is 10.7. The van der Waals surface area contributed by atoms with E-state index in [4.69, 9.17) is 0 Å². The molecule has 152 valence electrons. The zero-order chi connectivity index (χ0) is 18.0. The topological polar surface area (TPSA) is 76.2 Å². The molecule has 0 aromatic carbocycles. The van der Waals surface area contributed by atoms with Gasteiger partial charge in [-0.25, -0.2) is 0 Å². The number of piperidine rings is 1. The van der Waals surface area contributed by atoms with Crippen LogP contribution in [0.5, 0.6) is 0 Å². The van der Waals surface area contributed by atoms with Crippen LogP contribution < -0.4 is 5.32 Å². The molecular weight excluding hydrogens is 378 g/mol. The van der Waals surface area contributed by atoms with E-state index in [1.807, 2.05) is 11.9 Å². The Morgan fingerprint density at radius 2 is 1.50 bits per heavy atom. The van der Waals surface area contributed by atoms with Crippen molar-refractivity contribution in [1.82, 2.24) is 23.7 Å². The van der Waals surface area contributed by atoms with Gasteiger partial charge in [0.25, 0.3) is 10.2 Å². The predicted octanol–water partition coefficient (Wildman–Crippen LogP) is -0.567. The minimum Gasteiger partial charge on any atom is -0.340 e. The molecule has 0 saturated carbocycles. The fourth-order valence-corrected chi connectivity index (χ4v) is 5.51. The lowest BCUT2D eigenvalue weighted by Crippen LogP contribution is -2.58. The normalized spacial score (nSPS) is 30.0. The summed E-state index contributed by atoms with van der Waals surface area (Å²) in [6.45, 7) is 7.44. The van der Waals surface area contributed by atoms with Gasteiger partial charge in [-0.15, -0.1) is 12.4 Å². The first kappa shape index (κ1) is 21.8. The predicted molar refractivity (Wildman–Crippen MR) is 104 cm³/mol. The SMILES string of the molecule is C[C@H]1C[C@@H](C(=O)N2CCN(S(=O)(=O)N3CCN(C)CC3)CC2)CCN1.Cl. The van der Waals surface area contributed by atoms with Crippen molar-refractivity contribution in [1.29, 1.82) is 0 Å². The van der Waals surface area contributed by atoms with E-state index in [-0.39, 0.29) is 24.2 Å². The maximum Gasteiger partial charge on any atom is 0.282 e. The molecule has 0 aliphatic carbocycles. The van der Waals surface area contributed by atoms with Gasteiger partial charge in [-0.05, 0) is 33.4 Å². The van der Waals surface area contributed by atoms with Gasteiger partial charge < -0.3 is 15.1 Å². The van der Waals surface area contributed by atoms with Crippen LogP contribution in [0.4, 0.5) is 0 Å². The van der Waals surface area contributed by atoms with Crippen molar-refractivity contribution < 1.29 is 13.2 Å². The summed E-state index contributed by atoms with van der Waals surface area (Å²) >= 11 is 0. The van der Waals surface area contributed by atoms with E-state index in [0.29, 0.717) is 45.3 Å². The third-order valence-corrected chi connectivity index (χ3v) is 7.67. The fourth-order valence-electron chi connectivity index (χ4n) is 3.94. The second kappa shape index (κ2) is 9.16. The number of carbonyl (C=O) groups is 1. The van der Waals surface area contributed by atoms with Crippen molar-refractivity contribution in [3.63, 3.8) is 0 Å². The summed E-state index contributed by atoms with van der Waals surface area (Å²) < 4.78 is 28.7. The second-order valence-electron chi connectivity index (χ2n) is 7.51. The van der Waals surface area contributed by atoms with E-state index in [1.54, 1.807) is 8.61 Å². The molecular formula is C16H32ClN5O3S. The molecule has 3 fully saturated rings. The zero-order valence-corrected chi connectivity index (χ0v) is 17.4. The third-order valence-electron chi connectivity index (χ3n) is 5.64. The van der Waals surface area contributed by atoms with Crippen LogP contribution in [0.1, 0.15) is 19.8 Å². The van der Waals surface area contributed by atoms with E-state index in [1.165, 1.54) is 0 Å². The molecule has 10 heteroatoms. The van der Waals surface area contributed by atoms with Gasteiger partial charge >= 0.3 is 0 Å². The second-order valence-corrected chi connectivity index (χ2v) is 9.44. The van der Waals surface area contributed by atoms with Crippen LogP contribution in [0.3, 0.4) is 0 Å². The summed E-state index contributed by atoms with van der Waals surface area (Å²) in [6.07, 6.45) is 1.75. The Morgan fingerprint density at radius 3 is 2.04 bits per heavy atom. The summed E-state index contributed by atoms with van der Waals surface area (Å²) in [5.41, 5.74) is 0. The highest BCUT2D eigenvalue weighted by Crippen LogP contribution is 2.21. The Kier molecular flexibility index (Phi) is 7.70. The molecule has 0 radical (unpaired) electrons. The van der Waals surface area contributed by atoms with Crippen molar-refractivity contribution >= 4 is 28.5 Å². The minimum atomic E-state index is -3.40. The van der Waals surface area contributed by atoms with Crippen LogP contribution in [-0.4, -0.2) is 105 Å². The molecule has 3 heterocycles. The van der Waals surface area contributed by atoms with Crippen molar-refractivity contribution in [3.8, 4) is 0 Å². The van der Waals surface area contributed by atoms with Gasteiger partial charge in [-0.3, -0.25) is 4.79 Å². The van der Waals surface area contributed by atoms with Gasteiger partial charge in [0.05, 0.1) is 0 Å². The van der Waals surface area contributed by atoms with Crippen molar-refractivity contribution in [2.45, 2.75) is 25.8 Å². The average molecular weight is 410 g/mol. The molecule has 0 spiro atoms. The summed E-state index contributed by atoms with van der Waals surface area (Å²) in [6, 6.07) is 0.376. The number of nitrogens with one attached hydrogen (secondary N) is 1. The molecule has 0 bridgehead atoms. The molecule has 0 aromatic rings. The summed E-state index contributed by atoms with van der Waals surface area (Å²) in [5.74, 6) is 0.280.